The van der Waals surface area contributed by atoms with Crippen molar-refractivity contribution in [3.63, 3.8) is 0 Å². The molecule has 1 aromatic heterocycles. The van der Waals surface area contributed by atoms with Gasteiger partial charge in [-0.15, -0.1) is 22.9 Å². The first-order valence-corrected chi connectivity index (χ1v) is 7.75. The zero-order valence-electron chi connectivity index (χ0n) is 11.3. The SMILES string of the molecule is CC(C)(C)c1csc(CN2CCOC(CCl)C2)n1. The first-order chi connectivity index (χ1) is 8.49. The second kappa shape index (κ2) is 5.87. The number of ether oxygens (including phenoxy) is 1. The molecule has 1 aromatic rings. The van der Waals surface area contributed by atoms with Gasteiger partial charge in [-0.3, -0.25) is 4.90 Å². The number of hydrogen-bond donors (Lipinski definition) is 0. The van der Waals surface area contributed by atoms with Crippen LogP contribution in [-0.2, 0) is 16.7 Å². The van der Waals surface area contributed by atoms with E-state index in [0.717, 1.165) is 26.2 Å². The Morgan fingerprint density at radius 2 is 2.33 bits per heavy atom. The standard InChI is InChI=1S/C13H21ClN2OS/c1-13(2,3)11-9-18-12(15-11)8-16-4-5-17-10(6-14)7-16/h9-10H,4-8H2,1-3H3. The molecule has 1 aliphatic heterocycles. The van der Waals surface area contributed by atoms with Crippen molar-refractivity contribution >= 4 is 22.9 Å². The highest BCUT2D eigenvalue weighted by Gasteiger charge is 2.22. The van der Waals surface area contributed by atoms with Crippen molar-refractivity contribution in [2.75, 3.05) is 25.6 Å². The van der Waals surface area contributed by atoms with Gasteiger partial charge in [0.2, 0.25) is 0 Å². The minimum Gasteiger partial charge on any atom is -0.374 e. The van der Waals surface area contributed by atoms with E-state index in [4.69, 9.17) is 21.3 Å². The van der Waals surface area contributed by atoms with Gasteiger partial charge in [-0.05, 0) is 0 Å². The number of morpholine rings is 1. The molecular formula is C13H21ClN2OS. The van der Waals surface area contributed by atoms with Crippen LogP contribution in [0.1, 0.15) is 31.5 Å². The number of alkyl halides is 1. The van der Waals surface area contributed by atoms with Crippen molar-refractivity contribution in [3.8, 4) is 0 Å². The van der Waals surface area contributed by atoms with Crippen LogP contribution in [0.5, 0.6) is 0 Å². The lowest BCUT2D eigenvalue weighted by Gasteiger charge is -2.31. The van der Waals surface area contributed by atoms with Gasteiger partial charge in [0.1, 0.15) is 5.01 Å². The number of halogens is 1. The molecule has 0 N–H and O–H groups in total. The normalized spacial score (nSPS) is 22.3. The van der Waals surface area contributed by atoms with Crippen LogP contribution in [0.15, 0.2) is 5.38 Å². The van der Waals surface area contributed by atoms with Crippen molar-refractivity contribution in [2.45, 2.75) is 38.8 Å². The average Bonchev–Trinajstić information content (AvgIpc) is 2.77. The van der Waals surface area contributed by atoms with Crippen LogP contribution in [0.25, 0.3) is 0 Å². The third-order valence-corrected chi connectivity index (χ3v) is 4.25. The van der Waals surface area contributed by atoms with E-state index in [0.29, 0.717) is 5.88 Å². The van der Waals surface area contributed by atoms with Crippen LogP contribution in [0.4, 0.5) is 0 Å². The van der Waals surface area contributed by atoms with Gasteiger partial charge < -0.3 is 4.74 Å². The number of aromatic nitrogens is 1. The van der Waals surface area contributed by atoms with E-state index >= 15 is 0 Å². The number of hydrogen-bond acceptors (Lipinski definition) is 4. The fourth-order valence-electron chi connectivity index (χ4n) is 1.94. The highest BCUT2D eigenvalue weighted by Crippen LogP contribution is 2.24. The van der Waals surface area contributed by atoms with E-state index in [-0.39, 0.29) is 11.5 Å². The van der Waals surface area contributed by atoms with Crippen LogP contribution in [0.3, 0.4) is 0 Å². The highest BCUT2D eigenvalue weighted by molar-refractivity contribution is 7.09. The number of rotatable bonds is 3. The molecule has 5 heteroatoms. The zero-order valence-corrected chi connectivity index (χ0v) is 12.9. The summed E-state index contributed by atoms with van der Waals surface area (Å²) >= 11 is 7.60. The summed E-state index contributed by atoms with van der Waals surface area (Å²) in [5.41, 5.74) is 1.32. The van der Waals surface area contributed by atoms with Crippen LogP contribution in [0.2, 0.25) is 0 Å². The largest absolute Gasteiger partial charge is 0.374 e. The number of nitrogens with zero attached hydrogens (tertiary/aromatic N) is 2. The summed E-state index contributed by atoms with van der Waals surface area (Å²) in [4.78, 5) is 7.11. The smallest absolute Gasteiger partial charge is 0.107 e. The van der Waals surface area contributed by atoms with Crippen LogP contribution in [-0.4, -0.2) is 41.6 Å². The molecule has 102 valence electrons. The van der Waals surface area contributed by atoms with Gasteiger partial charge in [-0.25, -0.2) is 4.98 Å². The molecule has 0 bridgehead atoms. The van der Waals surface area contributed by atoms with Crippen molar-refractivity contribution in [1.29, 1.82) is 0 Å². The van der Waals surface area contributed by atoms with E-state index in [2.05, 4.69) is 31.1 Å². The number of thiazole rings is 1. The van der Waals surface area contributed by atoms with Gasteiger partial charge in [0, 0.05) is 29.8 Å². The first kappa shape index (κ1) is 14.3. The predicted octanol–water partition coefficient (Wildman–Crippen LogP) is 2.88. The predicted molar refractivity (Wildman–Crippen MR) is 76.6 cm³/mol. The second-order valence-corrected chi connectivity index (χ2v) is 7.01. The molecule has 0 spiro atoms. The molecule has 1 unspecified atom stereocenters. The van der Waals surface area contributed by atoms with Crippen molar-refractivity contribution in [1.82, 2.24) is 9.88 Å². The Hall–Kier alpha value is -0.160. The minimum absolute atomic E-state index is 0.137. The molecule has 18 heavy (non-hydrogen) atoms. The third-order valence-electron chi connectivity index (χ3n) is 3.07. The lowest BCUT2D eigenvalue weighted by molar-refractivity contribution is -0.0194. The van der Waals surface area contributed by atoms with Crippen LogP contribution in [0, 0.1) is 0 Å². The van der Waals surface area contributed by atoms with Crippen LogP contribution >= 0.6 is 22.9 Å². The maximum absolute atomic E-state index is 5.85. The van der Waals surface area contributed by atoms with Crippen LogP contribution < -0.4 is 0 Å². The van der Waals surface area contributed by atoms with Gasteiger partial charge in [0.25, 0.3) is 0 Å². The molecule has 0 amide bonds. The quantitative estimate of drug-likeness (QED) is 0.800. The summed E-state index contributed by atoms with van der Waals surface area (Å²) < 4.78 is 5.56. The van der Waals surface area contributed by atoms with E-state index < -0.39 is 0 Å². The lowest BCUT2D eigenvalue weighted by atomic mass is 9.93. The summed E-state index contributed by atoms with van der Waals surface area (Å²) in [6, 6.07) is 0. The molecule has 0 aromatic carbocycles. The molecular weight excluding hydrogens is 268 g/mol. The molecule has 0 aliphatic carbocycles. The Bertz CT molecular complexity index is 389. The Kier molecular flexibility index (Phi) is 4.64. The molecule has 1 saturated heterocycles. The molecule has 2 rings (SSSR count). The van der Waals surface area contributed by atoms with Gasteiger partial charge in [-0.1, -0.05) is 20.8 Å². The van der Waals surface area contributed by atoms with E-state index in [1.807, 2.05) is 0 Å². The minimum atomic E-state index is 0.137. The van der Waals surface area contributed by atoms with Crippen molar-refractivity contribution < 1.29 is 4.74 Å². The van der Waals surface area contributed by atoms with E-state index in [1.54, 1.807) is 11.3 Å². The zero-order chi connectivity index (χ0) is 13.2. The van der Waals surface area contributed by atoms with Gasteiger partial charge in [0.05, 0.1) is 24.9 Å². The van der Waals surface area contributed by atoms with E-state index in [9.17, 15) is 0 Å². The summed E-state index contributed by atoms with van der Waals surface area (Å²) in [6.45, 7) is 10.2. The third kappa shape index (κ3) is 3.67. The Labute approximate surface area is 118 Å². The molecule has 0 radical (unpaired) electrons. The fourth-order valence-corrected chi connectivity index (χ4v) is 3.19. The molecule has 3 nitrogen and oxygen atoms in total. The van der Waals surface area contributed by atoms with Gasteiger partial charge >= 0.3 is 0 Å². The van der Waals surface area contributed by atoms with E-state index in [1.165, 1.54) is 10.7 Å². The molecule has 0 saturated carbocycles. The Morgan fingerprint density at radius 1 is 1.56 bits per heavy atom. The summed E-state index contributed by atoms with van der Waals surface area (Å²) in [6.07, 6.45) is 0.169. The highest BCUT2D eigenvalue weighted by atomic mass is 35.5. The molecule has 1 atom stereocenters. The molecule has 1 fully saturated rings. The van der Waals surface area contributed by atoms with Gasteiger partial charge in [0.15, 0.2) is 0 Å². The second-order valence-electron chi connectivity index (χ2n) is 5.76. The maximum atomic E-state index is 5.85. The van der Waals surface area contributed by atoms with Crippen molar-refractivity contribution in [2.24, 2.45) is 0 Å². The van der Waals surface area contributed by atoms with Gasteiger partial charge in [-0.2, -0.15) is 0 Å². The molecule has 1 aliphatic rings. The molecule has 2 heterocycles. The topological polar surface area (TPSA) is 25.4 Å². The Balaban J connectivity index is 1.95. The average molecular weight is 289 g/mol. The first-order valence-electron chi connectivity index (χ1n) is 6.34. The summed E-state index contributed by atoms with van der Waals surface area (Å²) in [7, 11) is 0. The summed E-state index contributed by atoms with van der Waals surface area (Å²) in [5.74, 6) is 0.571. The monoisotopic (exact) mass is 288 g/mol. The summed E-state index contributed by atoms with van der Waals surface area (Å²) in [5, 5.41) is 3.37. The van der Waals surface area contributed by atoms with Crippen molar-refractivity contribution in [3.05, 3.63) is 16.1 Å². The fraction of sp³-hybridized carbons (Fsp3) is 0.769. The maximum Gasteiger partial charge on any atom is 0.107 e. The lowest BCUT2D eigenvalue weighted by Crippen LogP contribution is -2.42. The Morgan fingerprint density at radius 3 is 2.94 bits per heavy atom.